The fourth-order valence-corrected chi connectivity index (χ4v) is 2.13. The molecule has 1 aromatic rings. The van der Waals surface area contributed by atoms with E-state index < -0.39 is 0 Å². The zero-order valence-electron chi connectivity index (χ0n) is 11.4. The van der Waals surface area contributed by atoms with Gasteiger partial charge in [0.1, 0.15) is 0 Å². The van der Waals surface area contributed by atoms with Crippen LogP contribution in [0.1, 0.15) is 31.7 Å². The number of hydrogen-bond acceptors (Lipinski definition) is 2. The van der Waals surface area contributed by atoms with Gasteiger partial charge in [0.25, 0.3) is 0 Å². The summed E-state index contributed by atoms with van der Waals surface area (Å²) in [5, 5.41) is 3.13. The first-order valence-corrected chi connectivity index (χ1v) is 6.71. The van der Waals surface area contributed by atoms with Gasteiger partial charge in [-0.3, -0.25) is 4.79 Å². The molecule has 0 radical (unpaired) electrons. The van der Waals surface area contributed by atoms with Crippen LogP contribution in [-0.4, -0.2) is 26.0 Å². The summed E-state index contributed by atoms with van der Waals surface area (Å²) in [7, 11) is 1.86. The third-order valence-electron chi connectivity index (χ3n) is 3.92. The molecular weight excluding hydrogens is 224 g/mol. The Bertz CT molecular complexity index is 409. The average Bonchev–Trinajstić information content (AvgIpc) is 2.35. The van der Waals surface area contributed by atoms with Crippen molar-refractivity contribution < 1.29 is 4.79 Å². The first kappa shape index (κ1) is 13.1. The highest BCUT2D eigenvalue weighted by Gasteiger charge is 2.28. The Morgan fingerprint density at radius 3 is 2.44 bits per heavy atom. The summed E-state index contributed by atoms with van der Waals surface area (Å²) in [4.78, 5) is 13.9. The molecule has 1 aliphatic rings. The van der Waals surface area contributed by atoms with E-state index in [4.69, 9.17) is 0 Å². The van der Waals surface area contributed by atoms with Crippen molar-refractivity contribution in [1.29, 1.82) is 0 Å². The number of nitrogens with zero attached hydrogens (tertiary/aromatic N) is 1. The van der Waals surface area contributed by atoms with Gasteiger partial charge in [0.15, 0.2) is 0 Å². The smallest absolute Gasteiger partial charge is 0.232 e. The highest BCUT2D eigenvalue weighted by molar-refractivity contribution is 5.95. The molecule has 1 aliphatic heterocycles. The van der Waals surface area contributed by atoms with Gasteiger partial charge in [0.2, 0.25) is 5.91 Å². The van der Waals surface area contributed by atoms with E-state index in [1.54, 1.807) is 4.90 Å². The van der Waals surface area contributed by atoms with E-state index in [0.717, 1.165) is 25.2 Å². The van der Waals surface area contributed by atoms with Crippen molar-refractivity contribution in [1.82, 2.24) is 5.32 Å². The SMILES string of the molecule is CCC(C)c1ccc(N(C)C(=O)C2CNC2)cc1. The van der Waals surface area contributed by atoms with Crippen LogP contribution in [0.25, 0.3) is 0 Å². The highest BCUT2D eigenvalue weighted by atomic mass is 16.2. The molecule has 1 unspecified atom stereocenters. The molecule has 1 N–H and O–H groups in total. The van der Waals surface area contributed by atoms with Crippen LogP contribution in [0.5, 0.6) is 0 Å². The molecule has 0 bridgehead atoms. The van der Waals surface area contributed by atoms with Gasteiger partial charge in [-0.1, -0.05) is 26.0 Å². The number of benzene rings is 1. The van der Waals surface area contributed by atoms with Crippen molar-refractivity contribution in [2.75, 3.05) is 25.0 Å². The first-order chi connectivity index (χ1) is 8.63. The molecule has 0 aromatic heterocycles. The number of carbonyl (C=O) groups is 1. The zero-order valence-corrected chi connectivity index (χ0v) is 11.4. The molecule has 18 heavy (non-hydrogen) atoms. The molecule has 1 aromatic carbocycles. The Labute approximate surface area is 109 Å². The van der Waals surface area contributed by atoms with E-state index in [-0.39, 0.29) is 11.8 Å². The van der Waals surface area contributed by atoms with E-state index in [1.165, 1.54) is 5.56 Å². The number of carbonyl (C=O) groups excluding carboxylic acids is 1. The van der Waals surface area contributed by atoms with Crippen molar-refractivity contribution >= 4 is 11.6 Å². The van der Waals surface area contributed by atoms with Crippen LogP contribution < -0.4 is 10.2 Å². The van der Waals surface area contributed by atoms with Crippen molar-refractivity contribution in [2.45, 2.75) is 26.2 Å². The van der Waals surface area contributed by atoms with Gasteiger partial charge in [0.05, 0.1) is 5.92 Å². The molecule has 0 aliphatic carbocycles. The molecule has 3 nitrogen and oxygen atoms in total. The normalized spacial score (nSPS) is 17.1. The minimum atomic E-state index is 0.157. The molecule has 1 amide bonds. The number of rotatable bonds is 4. The van der Waals surface area contributed by atoms with Crippen LogP contribution in [0.3, 0.4) is 0 Å². The third kappa shape index (κ3) is 2.56. The van der Waals surface area contributed by atoms with Crippen molar-refractivity contribution in [2.24, 2.45) is 5.92 Å². The lowest BCUT2D eigenvalue weighted by Gasteiger charge is -2.30. The summed E-state index contributed by atoms with van der Waals surface area (Å²) < 4.78 is 0. The molecule has 2 rings (SSSR count). The lowest BCUT2D eigenvalue weighted by Crippen LogP contribution is -2.51. The molecule has 0 spiro atoms. The average molecular weight is 246 g/mol. The summed E-state index contributed by atoms with van der Waals surface area (Å²) in [5.41, 5.74) is 2.33. The fraction of sp³-hybridized carbons (Fsp3) is 0.533. The second kappa shape index (κ2) is 5.53. The van der Waals surface area contributed by atoms with Crippen molar-refractivity contribution in [3.63, 3.8) is 0 Å². The van der Waals surface area contributed by atoms with Crippen molar-refractivity contribution in [3.05, 3.63) is 29.8 Å². The Morgan fingerprint density at radius 2 is 2.00 bits per heavy atom. The van der Waals surface area contributed by atoms with E-state index in [2.05, 4.69) is 31.3 Å². The minimum absolute atomic E-state index is 0.157. The Balaban J connectivity index is 2.06. The third-order valence-corrected chi connectivity index (χ3v) is 3.92. The molecule has 1 saturated heterocycles. The standard InChI is InChI=1S/C15H22N2O/c1-4-11(2)12-5-7-14(8-6-12)17(3)15(18)13-9-16-10-13/h5-8,11,13,16H,4,9-10H2,1-3H3. The van der Waals surface area contributed by atoms with Gasteiger partial charge >= 0.3 is 0 Å². The minimum Gasteiger partial charge on any atom is -0.315 e. The quantitative estimate of drug-likeness (QED) is 0.884. The Kier molecular flexibility index (Phi) is 4.02. The first-order valence-electron chi connectivity index (χ1n) is 6.71. The maximum atomic E-state index is 12.1. The van der Waals surface area contributed by atoms with Gasteiger partial charge in [-0.15, -0.1) is 0 Å². The Morgan fingerprint density at radius 1 is 1.39 bits per heavy atom. The fourth-order valence-electron chi connectivity index (χ4n) is 2.13. The largest absolute Gasteiger partial charge is 0.315 e. The second-order valence-corrected chi connectivity index (χ2v) is 5.15. The van der Waals surface area contributed by atoms with Gasteiger partial charge in [0, 0.05) is 25.8 Å². The van der Waals surface area contributed by atoms with Gasteiger partial charge < -0.3 is 10.2 Å². The van der Waals surface area contributed by atoms with Crippen LogP contribution in [0.2, 0.25) is 0 Å². The number of amides is 1. The monoisotopic (exact) mass is 246 g/mol. The lowest BCUT2D eigenvalue weighted by atomic mass is 9.98. The number of nitrogens with one attached hydrogen (secondary N) is 1. The van der Waals surface area contributed by atoms with E-state index >= 15 is 0 Å². The van der Waals surface area contributed by atoms with E-state index in [9.17, 15) is 4.79 Å². The molecular formula is C15H22N2O. The van der Waals surface area contributed by atoms with E-state index in [0.29, 0.717) is 5.92 Å². The second-order valence-electron chi connectivity index (χ2n) is 5.15. The molecule has 1 atom stereocenters. The summed E-state index contributed by atoms with van der Waals surface area (Å²) >= 11 is 0. The maximum absolute atomic E-state index is 12.1. The molecule has 3 heteroatoms. The summed E-state index contributed by atoms with van der Waals surface area (Å²) in [6, 6.07) is 8.36. The number of anilines is 1. The zero-order chi connectivity index (χ0) is 13.1. The summed E-state index contributed by atoms with van der Waals surface area (Å²) in [6.45, 7) is 6.05. The van der Waals surface area contributed by atoms with E-state index in [1.807, 2.05) is 19.2 Å². The van der Waals surface area contributed by atoms with Crippen LogP contribution in [-0.2, 0) is 4.79 Å². The van der Waals surface area contributed by atoms with Crippen LogP contribution in [0.4, 0.5) is 5.69 Å². The molecule has 0 saturated carbocycles. The summed E-state index contributed by atoms with van der Waals surface area (Å²) in [5.74, 6) is 0.949. The molecule has 1 heterocycles. The summed E-state index contributed by atoms with van der Waals surface area (Å²) in [6.07, 6.45) is 1.14. The molecule has 1 fully saturated rings. The van der Waals surface area contributed by atoms with Crippen LogP contribution in [0, 0.1) is 5.92 Å². The van der Waals surface area contributed by atoms with Crippen LogP contribution in [0.15, 0.2) is 24.3 Å². The predicted molar refractivity (Wildman–Crippen MR) is 74.9 cm³/mol. The van der Waals surface area contributed by atoms with Gasteiger partial charge in [-0.25, -0.2) is 0 Å². The lowest BCUT2D eigenvalue weighted by molar-refractivity contribution is -0.123. The topological polar surface area (TPSA) is 32.3 Å². The van der Waals surface area contributed by atoms with Gasteiger partial charge in [-0.05, 0) is 30.0 Å². The number of hydrogen-bond donors (Lipinski definition) is 1. The Hall–Kier alpha value is -1.35. The molecule has 98 valence electrons. The van der Waals surface area contributed by atoms with Gasteiger partial charge in [-0.2, -0.15) is 0 Å². The predicted octanol–water partition coefficient (Wildman–Crippen LogP) is 2.38. The van der Waals surface area contributed by atoms with Crippen LogP contribution >= 0.6 is 0 Å². The maximum Gasteiger partial charge on any atom is 0.232 e. The highest BCUT2D eigenvalue weighted by Crippen LogP contribution is 2.23. The van der Waals surface area contributed by atoms with Crippen molar-refractivity contribution in [3.8, 4) is 0 Å².